The maximum absolute atomic E-state index is 2.04. The molecule has 0 nitrogen and oxygen atoms in total. The average molecular weight is 165 g/mol. The minimum Gasteiger partial charge on any atom is -0.152 e. The van der Waals surface area contributed by atoms with Crippen molar-refractivity contribution < 1.29 is 0 Å². The Bertz CT molecular complexity index is 64.0. The summed E-state index contributed by atoms with van der Waals surface area (Å²) in [6.07, 6.45) is 0. The zero-order valence-corrected chi connectivity index (χ0v) is 6.13. The third kappa shape index (κ3) is 1.61. The molecule has 0 aliphatic carbocycles. The van der Waals surface area contributed by atoms with Crippen LogP contribution in [0.4, 0.5) is 0 Å². The quantitative estimate of drug-likeness (QED) is 0.499. The molecule has 0 saturated heterocycles. The summed E-state index contributed by atoms with van der Waals surface area (Å²) in [4.78, 5) is 0. The van der Waals surface area contributed by atoms with E-state index in [1.165, 1.54) is 0 Å². The minimum absolute atomic E-state index is 0. The molecule has 0 N–H and O–H groups in total. The van der Waals surface area contributed by atoms with Gasteiger partial charge in [0.15, 0.2) is 0 Å². The van der Waals surface area contributed by atoms with Crippen LogP contribution in [0.15, 0.2) is 22.9 Å². The van der Waals surface area contributed by atoms with E-state index in [-0.39, 0.29) is 17.1 Å². The topological polar surface area (TPSA) is 0 Å². The summed E-state index contributed by atoms with van der Waals surface area (Å²) < 4.78 is 0. The van der Waals surface area contributed by atoms with Gasteiger partial charge in [-0.05, 0) is 10.8 Å². The van der Waals surface area contributed by atoms with Crippen molar-refractivity contribution in [2.24, 2.45) is 0 Å². The van der Waals surface area contributed by atoms with Crippen LogP contribution in [0.25, 0.3) is 0 Å². The Morgan fingerprint density at radius 1 is 1.00 bits per heavy atom. The summed E-state index contributed by atoms with van der Waals surface area (Å²) in [7, 11) is 0. The summed E-state index contributed by atoms with van der Waals surface area (Å²) in [6.45, 7) is 0. The van der Waals surface area contributed by atoms with Crippen LogP contribution < -0.4 is 0 Å². The molecule has 1 aromatic rings. The van der Waals surface area contributed by atoms with Gasteiger partial charge in [-0.1, -0.05) is 12.1 Å². The van der Waals surface area contributed by atoms with Gasteiger partial charge in [-0.25, -0.2) is 0 Å². The summed E-state index contributed by atoms with van der Waals surface area (Å²) in [5.41, 5.74) is 0. The number of hydrogen-bond donors (Lipinski definition) is 0. The van der Waals surface area contributed by atoms with E-state index in [4.69, 9.17) is 0 Å². The van der Waals surface area contributed by atoms with Gasteiger partial charge in [0.05, 0.1) is 0 Å². The van der Waals surface area contributed by atoms with Crippen LogP contribution in [-0.4, -0.2) is 17.1 Å². The van der Waals surface area contributed by atoms with Crippen molar-refractivity contribution in [1.29, 1.82) is 0 Å². The molecule has 34 valence electrons. The molecule has 2 heteroatoms. The second kappa shape index (κ2) is 3.41. The van der Waals surface area contributed by atoms with Gasteiger partial charge in [0.25, 0.3) is 0 Å². The fraction of sp³-hybridized carbons (Fsp3) is 0. The Morgan fingerprint density at radius 2 is 1.50 bits per heavy atom. The zero-order valence-electron chi connectivity index (χ0n) is 3.22. The van der Waals surface area contributed by atoms with Crippen LogP contribution in [-0.2, 0) is 0 Å². The molecule has 0 unspecified atom stereocenters. The standard InChI is InChI=1S/C4H4S.H2Se/c1-2-4-5-3-1;/h1-4H;1H2. The Hall–Kier alpha value is 0.219. The van der Waals surface area contributed by atoms with E-state index in [2.05, 4.69) is 0 Å². The molecule has 0 saturated carbocycles. The summed E-state index contributed by atoms with van der Waals surface area (Å²) >= 11 is 1.71. The van der Waals surface area contributed by atoms with Crippen LogP contribution in [0, 0.1) is 0 Å². The van der Waals surface area contributed by atoms with E-state index in [1.807, 2.05) is 22.9 Å². The van der Waals surface area contributed by atoms with Crippen molar-refractivity contribution in [1.82, 2.24) is 0 Å². The van der Waals surface area contributed by atoms with Crippen molar-refractivity contribution >= 4 is 28.4 Å². The van der Waals surface area contributed by atoms with Crippen molar-refractivity contribution in [3.63, 3.8) is 0 Å². The van der Waals surface area contributed by atoms with Gasteiger partial charge in [0.1, 0.15) is 0 Å². The van der Waals surface area contributed by atoms with Crippen LogP contribution >= 0.6 is 11.3 Å². The normalized spacial score (nSPS) is 6.67. The van der Waals surface area contributed by atoms with Crippen molar-refractivity contribution in [3.05, 3.63) is 22.9 Å². The van der Waals surface area contributed by atoms with E-state index >= 15 is 0 Å². The van der Waals surface area contributed by atoms with Gasteiger partial charge >= 0.3 is 17.1 Å². The molecule has 0 atom stereocenters. The Balaban J connectivity index is 0.000000250. The molecule has 1 rings (SSSR count). The molecule has 0 fully saturated rings. The van der Waals surface area contributed by atoms with Gasteiger partial charge in [-0.2, -0.15) is 11.3 Å². The molecular formula is C4H6SSe. The van der Waals surface area contributed by atoms with E-state index in [1.54, 1.807) is 11.3 Å². The van der Waals surface area contributed by atoms with E-state index in [0.717, 1.165) is 0 Å². The average Bonchev–Trinajstić information content (AvgIpc) is 1.76. The molecule has 0 radical (unpaired) electrons. The number of hydrogen-bond acceptors (Lipinski definition) is 1. The first kappa shape index (κ1) is 6.22. The van der Waals surface area contributed by atoms with Crippen molar-refractivity contribution in [2.45, 2.75) is 0 Å². The SMILES string of the molecule is [SeH2].c1ccsc1. The molecular weight excluding hydrogens is 159 g/mol. The van der Waals surface area contributed by atoms with Crippen LogP contribution in [0.2, 0.25) is 0 Å². The molecule has 0 aliphatic heterocycles. The predicted octanol–water partition coefficient (Wildman–Crippen LogP) is 0.832. The molecule has 1 aromatic heterocycles. The molecule has 0 aliphatic rings. The molecule has 1 heterocycles. The summed E-state index contributed by atoms with van der Waals surface area (Å²) in [5, 5.41) is 4.08. The maximum Gasteiger partial charge on any atom is -0.00934 e. The summed E-state index contributed by atoms with van der Waals surface area (Å²) in [5.74, 6) is 0. The smallest absolute Gasteiger partial charge is 0.00934 e. The van der Waals surface area contributed by atoms with Gasteiger partial charge in [-0.3, -0.25) is 0 Å². The first-order valence-electron chi connectivity index (χ1n) is 1.47. The molecule has 6 heavy (non-hydrogen) atoms. The van der Waals surface area contributed by atoms with E-state index in [0.29, 0.717) is 0 Å². The first-order chi connectivity index (χ1) is 2.50. The fourth-order valence-corrected chi connectivity index (χ4v) is 0.680. The molecule has 0 aromatic carbocycles. The van der Waals surface area contributed by atoms with Crippen molar-refractivity contribution in [2.75, 3.05) is 0 Å². The third-order valence-electron chi connectivity index (χ3n) is 0.425. The van der Waals surface area contributed by atoms with E-state index in [9.17, 15) is 0 Å². The van der Waals surface area contributed by atoms with Gasteiger partial charge < -0.3 is 0 Å². The Morgan fingerprint density at radius 3 is 1.67 bits per heavy atom. The van der Waals surface area contributed by atoms with Crippen molar-refractivity contribution in [3.8, 4) is 0 Å². The monoisotopic (exact) mass is 166 g/mol. The largest absolute Gasteiger partial charge is 0.152 e. The summed E-state index contributed by atoms with van der Waals surface area (Å²) in [6, 6.07) is 4.04. The van der Waals surface area contributed by atoms with E-state index < -0.39 is 0 Å². The maximum atomic E-state index is 2.04. The van der Waals surface area contributed by atoms with Crippen LogP contribution in [0.3, 0.4) is 0 Å². The minimum atomic E-state index is 0. The zero-order chi connectivity index (χ0) is 3.54. The van der Waals surface area contributed by atoms with Gasteiger partial charge in [-0.15, -0.1) is 0 Å². The predicted molar refractivity (Wildman–Crippen MR) is 32.9 cm³/mol. The molecule has 0 bridgehead atoms. The second-order valence-corrected chi connectivity index (χ2v) is 1.61. The Labute approximate surface area is 51.7 Å². The fourth-order valence-electron chi connectivity index (χ4n) is 0.227. The second-order valence-electron chi connectivity index (χ2n) is 0.793. The molecule has 0 amide bonds. The van der Waals surface area contributed by atoms with Crippen LogP contribution in [0.1, 0.15) is 0 Å². The molecule has 0 spiro atoms. The first-order valence-corrected chi connectivity index (χ1v) is 2.41. The third-order valence-corrected chi connectivity index (χ3v) is 1.05. The number of thiophene rings is 1. The Kier molecular flexibility index (Phi) is 3.54. The van der Waals surface area contributed by atoms with Gasteiger partial charge in [0.2, 0.25) is 0 Å². The van der Waals surface area contributed by atoms with Gasteiger partial charge in [0, 0.05) is 0 Å². The van der Waals surface area contributed by atoms with Crippen LogP contribution in [0.5, 0.6) is 0 Å². The number of rotatable bonds is 0.